The fraction of sp³-hybridized carbons (Fsp3) is 0.556. The second-order valence-electron chi connectivity index (χ2n) is 7.42. The second kappa shape index (κ2) is 7.43. The summed E-state index contributed by atoms with van der Waals surface area (Å²) in [7, 11) is -1.30. The summed E-state index contributed by atoms with van der Waals surface area (Å²) < 4.78 is 82.0. The van der Waals surface area contributed by atoms with Crippen molar-refractivity contribution in [2.75, 3.05) is 6.61 Å². The van der Waals surface area contributed by atoms with Gasteiger partial charge in [0.1, 0.15) is 17.3 Å². The van der Waals surface area contributed by atoms with Crippen molar-refractivity contribution < 1.29 is 36.0 Å². The van der Waals surface area contributed by atoms with Crippen molar-refractivity contribution in [1.29, 1.82) is 0 Å². The summed E-state index contributed by atoms with van der Waals surface area (Å²) in [4.78, 5) is 0. The minimum atomic E-state index is -4.39. The van der Waals surface area contributed by atoms with E-state index in [4.69, 9.17) is 14.0 Å². The van der Waals surface area contributed by atoms with Gasteiger partial charge < -0.3 is 14.0 Å². The van der Waals surface area contributed by atoms with Crippen molar-refractivity contribution in [3.63, 3.8) is 0 Å². The zero-order valence-corrected chi connectivity index (χ0v) is 15.8. The molecule has 1 aromatic carbocycles. The van der Waals surface area contributed by atoms with Gasteiger partial charge in [0, 0.05) is 5.56 Å². The maximum atomic E-state index is 15.0. The summed E-state index contributed by atoms with van der Waals surface area (Å²) in [5, 5.41) is 0. The van der Waals surface area contributed by atoms with Gasteiger partial charge in [-0.15, -0.1) is 0 Å². The maximum Gasteiger partial charge on any atom is 0.525 e. The first-order valence-corrected chi connectivity index (χ1v) is 8.45. The molecular formula is C18H22BF5O3. The molecule has 0 radical (unpaired) electrons. The fourth-order valence-corrected chi connectivity index (χ4v) is 2.45. The maximum absolute atomic E-state index is 15.0. The molecule has 1 aromatic rings. The molecule has 1 aliphatic heterocycles. The van der Waals surface area contributed by atoms with Gasteiger partial charge in [-0.3, -0.25) is 0 Å². The van der Waals surface area contributed by atoms with E-state index in [9.17, 15) is 22.0 Å². The van der Waals surface area contributed by atoms with E-state index in [0.717, 1.165) is 12.1 Å². The lowest BCUT2D eigenvalue weighted by molar-refractivity contribution is -0.139. The van der Waals surface area contributed by atoms with Crippen molar-refractivity contribution in [2.24, 2.45) is 0 Å². The van der Waals surface area contributed by atoms with E-state index in [1.807, 2.05) is 0 Å². The molecule has 1 fully saturated rings. The lowest BCUT2D eigenvalue weighted by atomic mass is 9.83. The van der Waals surface area contributed by atoms with E-state index in [0.29, 0.717) is 0 Å². The van der Waals surface area contributed by atoms with Gasteiger partial charge in [0.2, 0.25) is 0 Å². The van der Waals surface area contributed by atoms with Crippen LogP contribution < -0.4 is 4.74 Å². The Bertz CT molecular complexity index is 712. The molecule has 0 saturated carbocycles. The van der Waals surface area contributed by atoms with Crippen molar-refractivity contribution in [3.8, 4) is 5.75 Å². The number of hydrogen-bond donors (Lipinski definition) is 0. The van der Waals surface area contributed by atoms with Crippen LogP contribution in [0.4, 0.5) is 22.0 Å². The molecule has 3 nitrogen and oxygen atoms in total. The third kappa shape index (κ3) is 5.01. The molecule has 27 heavy (non-hydrogen) atoms. The Morgan fingerprint density at radius 1 is 1.11 bits per heavy atom. The highest BCUT2D eigenvalue weighted by Crippen LogP contribution is 2.41. The smallest absolute Gasteiger partial charge is 0.493 e. The van der Waals surface area contributed by atoms with Crippen LogP contribution in [-0.4, -0.2) is 31.1 Å². The van der Waals surface area contributed by atoms with Gasteiger partial charge in [-0.25, -0.2) is 8.78 Å². The number of rotatable bonds is 5. The number of alkyl halides is 3. The van der Waals surface area contributed by atoms with Crippen molar-refractivity contribution in [1.82, 2.24) is 0 Å². The molecule has 0 unspecified atom stereocenters. The van der Waals surface area contributed by atoms with Crippen molar-refractivity contribution >= 4 is 12.7 Å². The lowest BCUT2D eigenvalue weighted by Gasteiger charge is -2.32. The molecule has 1 saturated heterocycles. The van der Waals surface area contributed by atoms with Crippen LogP contribution in [0.5, 0.6) is 5.75 Å². The Labute approximate surface area is 155 Å². The summed E-state index contributed by atoms with van der Waals surface area (Å²) in [5.41, 5.74) is -2.37. The van der Waals surface area contributed by atoms with Gasteiger partial charge in [-0.05, 0) is 58.4 Å². The Hall–Kier alpha value is -1.61. The highest BCUT2D eigenvalue weighted by Gasteiger charge is 2.53. The normalized spacial score (nSPS) is 19.9. The van der Waals surface area contributed by atoms with E-state index < -0.39 is 49.1 Å². The number of allylic oxidation sites excluding steroid dienone is 1. The Balaban J connectivity index is 2.30. The topological polar surface area (TPSA) is 27.7 Å². The molecule has 0 N–H and O–H groups in total. The summed E-state index contributed by atoms with van der Waals surface area (Å²) in [6.45, 7) is 7.72. The van der Waals surface area contributed by atoms with Crippen LogP contribution in [0.1, 0.15) is 46.6 Å². The van der Waals surface area contributed by atoms with Crippen molar-refractivity contribution in [2.45, 2.75) is 58.4 Å². The quantitative estimate of drug-likeness (QED) is 0.490. The first-order valence-electron chi connectivity index (χ1n) is 8.45. The zero-order chi connectivity index (χ0) is 20.6. The van der Waals surface area contributed by atoms with Gasteiger partial charge in [-0.2, -0.15) is 13.2 Å². The summed E-state index contributed by atoms with van der Waals surface area (Å²) in [6.07, 6.45) is -5.56. The molecule has 9 heteroatoms. The van der Waals surface area contributed by atoms with Gasteiger partial charge in [0.25, 0.3) is 0 Å². The fourth-order valence-electron chi connectivity index (χ4n) is 2.45. The molecule has 0 bridgehead atoms. The molecule has 0 spiro atoms. The second-order valence-corrected chi connectivity index (χ2v) is 7.42. The van der Waals surface area contributed by atoms with Gasteiger partial charge in [0.15, 0.2) is 0 Å². The Morgan fingerprint density at radius 2 is 1.67 bits per heavy atom. The molecular weight excluding hydrogens is 370 g/mol. The minimum absolute atomic E-state index is 0.00406. The molecule has 0 atom stereocenters. The molecule has 1 heterocycles. The highest BCUT2D eigenvalue weighted by molar-refractivity contribution is 6.55. The van der Waals surface area contributed by atoms with Gasteiger partial charge in [-0.1, -0.05) is 0 Å². The van der Waals surface area contributed by atoms with Crippen LogP contribution in [0.15, 0.2) is 23.9 Å². The average molecular weight is 392 g/mol. The predicted molar refractivity (Wildman–Crippen MR) is 92.4 cm³/mol. The average Bonchev–Trinajstić information content (AvgIpc) is 2.74. The van der Waals surface area contributed by atoms with E-state index in [2.05, 4.69) is 0 Å². The summed E-state index contributed by atoms with van der Waals surface area (Å²) in [5.74, 6) is -0.723. The minimum Gasteiger partial charge on any atom is -0.493 e. The summed E-state index contributed by atoms with van der Waals surface area (Å²) in [6, 6.07) is 3.21. The molecule has 0 aromatic heterocycles. The predicted octanol–water partition coefficient (Wildman–Crippen LogP) is 5.49. The van der Waals surface area contributed by atoms with Crippen LogP contribution >= 0.6 is 0 Å². The van der Waals surface area contributed by atoms with E-state index in [1.54, 1.807) is 27.7 Å². The number of ether oxygens (including phenoxy) is 1. The van der Waals surface area contributed by atoms with Crippen LogP contribution in [0.2, 0.25) is 0 Å². The lowest BCUT2D eigenvalue weighted by Crippen LogP contribution is -2.41. The highest BCUT2D eigenvalue weighted by atomic mass is 19.4. The van der Waals surface area contributed by atoms with Gasteiger partial charge in [0.05, 0.1) is 24.2 Å². The van der Waals surface area contributed by atoms with Crippen LogP contribution in [-0.2, 0) is 9.31 Å². The number of hydrogen-bond acceptors (Lipinski definition) is 3. The first kappa shape index (κ1) is 21.7. The SMILES string of the molecule is CC(=C(F)B1OC(C)(C)C(C)(C)O1)c1cc(F)ccc1OCCC(F)(F)F. The molecule has 150 valence electrons. The standard InChI is InChI=1S/C18H22BF5O3/c1-11(15(21)19-26-16(2,3)17(4,5)27-19)13-10-12(20)6-7-14(13)25-9-8-18(22,23)24/h6-7,10H,8-9H2,1-5H3. The third-order valence-corrected chi connectivity index (χ3v) is 4.81. The Kier molecular flexibility index (Phi) is 5.97. The van der Waals surface area contributed by atoms with Crippen LogP contribution in [0.3, 0.4) is 0 Å². The monoisotopic (exact) mass is 392 g/mol. The van der Waals surface area contributed by atoms with Crippen LogP contribution in [0.25, 0.3) is 5.57 Å². The van der Waals surface area contributed by atoms with E-state index in [1.165, 1.54) is 13.0 Å². The van der Waals surface area contributed by atoms with Gasteiger partial charge >= 0.3 is 13.3 Å². The molecule has 0 amide bonds. The largest absolute Gasteiger partial charge is 0.525 e. The number of halogens is 5. The zero-order valence-electron chi connectivity index (χ0n) is 15.8. The Morgan fingerprint density at radius 3 is 2.19 bits per heavy atom. The van der Waals surface area contributed by atoms with Crippen LogP contribution in [0, 0.1) is 5.82 Å². The molecule has 0 aliphatic carbocycles. The molecule has 1 aliphatic rings. The van der Waals surface area contributed by atoms with E-state index >= 15 is 0 Å². The van der Waals surface area contributed by atoms with Crippen molar-refractivity contribution in [3.05, 3.63) is 35.3 Å². The number of benzene rings is 1. The third-order valence-electron chi connectivity index (χ3n) is 4.81. The molecule has 2 rings (SSSR count). The first-order chi connectivity index (χ1) is 12.2. The summed E-state index contributed by atoms with van der Waals surface area (Å²) >= 11 is 0. The van der Waals surface area contributed by atoms with E-state index in [-0.39, 0.29) is 16.9 Å².